The Hall–Kier alpha value is -1.55. The molecular weight excluding hydrogens is 200 g/mol. The lowest BCUT2D eigenvalue weighted by atomic mass is 10.2. The summed E-state index contributed by atoms with van der Waals surface area (Å²) in [6.45, 7) is 3.70. The summed E-state index contributed by atoms with van der Waals surface area (Å²) in [5.41, 5.74) is 8.03. The molecule has 2 aromatic rings. The van der Waals surface area contributed by atoms with Gasteiger partial charge >= 0.3 is 0 Å². The van der Waals surface area contributed by atoms with Crippen LogP contribution < -0.4 is 5.73 Å². The van der Waals surface area contributed by atoms with Gasteiger partial charge in [-0.25, -0.2) is 4.98 Å². The summed E-state index contributed by atoms with van der Waals surface area (Å²) < 4.78 is 1.67. The largest absolute Gasteiger partial charge is 0.380 e. The second-order valence-corrected chi connectivity index (χ2v) is 3.33. The molecule has 14 heavy (non-hydrogen) atoms. The van der Waals surface area contributed by atoms with Gasteiger partial charge in [-0.3, -0.25) is 4.68 Å². The van der Waals surface area contributed by atoms with Crippen molar-refractivity contribution in [2.75, 3.05) is 5.73 Å². The van der Waals surface area contributed by atoms with Gasteiger partial charge in [-0.05, 0) is 6.07 Å². The minimum absolute atomic E-state index is 0.383. The summed E-state index contributed by atoms with van der Waals surface area (Å²) in [6.07, 6.45) is 1.71. The number of nitrogens with zero attached hydrogens (tertiary/aromatic N) is 3. The number of aromatic nitrogens is 3. The summed E-state index contributed by atoms with van der Waals surface area (Å²) in [5, 5.41) is 4.46. The highest BCUT2D eigenvalue weighted by molar-refractivity contribution is 6.30. The molecule has 0 atom stereocenters. The summed E-state index contributed by atoms with van der Waals surface area (Å²) in [6, 6.07) is 1.73. The molecule has 2 heterocycles. The minimum atomic E-state index is 0.383. The molecule has 0 aromatic carbocycles. The van der Waals surface area contributed by atoms with E-state index in [-0.39, 0.29) is 0 Å². The molecule has 2 rings (SSSR count). The highest BCUT2D eigenvalue weighted by atomic mass is 35.5. The lowest BCUT2D eigenvalue weighted by Crippen LogP contribution is -1.92. The van der Waals surface area contributed by atoms with E-state index in [0.717, 1.165) is 11.1 Å². The molecule has 0 aliphatic heterocycles. The Balaban J connectivity index is 2.97. The van der Waals surface area contributed by atoms with E-state index in [4.69, 9.17) is 17.3 Å². The molecule has 72 valence electrons. The van der Waals surface area contributed by atoms with Crippen molar-refractivity contribution in [1.82, 2.24) is 14.8 Å². The van der Waals surface area contributed by atoms with Crippen LogP contribution in [-0.2, 0) is 7.05 Å². The second-order valence-electron chi connectivity index (χ2n) is 2.94. The van der Waals surface area contributed by atoms with E-state index in [0.29, 0.717) is 16.5 Å². The highest BCUT2D eigenvalue weighted by Gasteiger charge is 2.11. The third kappa shape index (κ3) is 1.15. The van der Waals surface area contributed by atoms with Crippen molar-refractivity contribution in [2.45, 2.75) is 0 Å². The van der Waals surface area contributed by atoms with Gasteiger partial charge in [0.05, 0.1) is 5.52 Å². The zero-order valence-corrected chi connectivity index (χ0v) is 8.41. The monoisotopic (exact) mass is 208 g/mol. The fourth-order valence-electron chi connectivity index (χ4n) is 1.46. The van der Waals surface area contributed by atoms with Crippen LogP contribution in [0, 0.1) is 0 Å². The summed E-state index contributed by atoms with van der Waals surface area (Å²) in [7, 11) is 1.81. The predicted molar refractivity (Wildman–Crippen MR) is 58.0 cm³/mol. The zero-order valence-electron chi connectivity index (χ0n) is 7.66. The number of nitrogen functional groups attached to an aromatic ring is 1. The number of halogens is 1. The molecule has 0 amide bonds. The highest BCUT2D eigenvalue weighted by Crippen LogP contribution is 2.24. The first-order valence-corrected chi connectivity index (χ1v) is 4.42. The van der Waals surface area contributed by atoms with E-state index in [1.165, 1.54) is 0 Å². The molecule has 0 radical (unpaired) electrons. The first kappa shape index (κ1) is 9.02. The lowest BCUT2D eigenvalue weighted by molar-refractivity contribution is 0.801. The standard InChI is InChI=1S/C9H9ClN4/c1-3-5-4-6(10)12-7-8(5)14(2)13-9(7)11/h3-4H,1H2,2H3,(H2,11,13). The maximum absolute atomic E-state index is 5.83. The molecule has 0 spiro atoms. The molecule has 2 N–H and O–H groups in total. The quantitative estimate of drug-likeness (QED) is 0.728. The maximum Gasteiger partial charge on any atom is 0.172 e. The van der Waals surface area contributed by atoms with Crippen LogP contribution in [0.5, 0.6) is 0 Å². The van der Waals surface area contributed by atoms with E-state index in [2.05, 4.69) is 16.7 Å². The summed E-state index contributed by atoms with van der Waals surface area (Å²) in [5.74, 6) is 0.383. The molecule has 4 nitrogen and oxygen atoms in total. The van der Waals surface area contributed by atoms with Gasteiger partial charge in [0.1, 0.15) is 10.7 Å². The average molecular weight is 209 g/mol. The Morgan fingerprint density at radius 2 is 2.36 bits per heavy atom. The molecule has 0 aliphatic carbocycles. The van der Waals surface area contributed by atoms with Crippen LogP contribution >= 0.6 is 11.6 Å². The van der Waals surface area contributed by atoms with Gasteiger partial charge < -0.3 is 5.73 Å². The van der Waals surface area contributed by atoms with Gasteiger partial charge in [-0.1, -0.05) is 24.3 Å². The Morgan fingerprint density at radius 1 is 1.64 bits per heavy atom. The van der Waals surface area contributed by atoms with Crippen LogP contribution in [0.3, 0.4) is 0 Å². The van der Waals surface area contributed by atoms with Crippen molar-refractivity contribution in [3.8, 4) is 0 Å². The number of nitrogens with two attached hydrogens (primary N) is 1. The van der Waals surface area contributed by atoms with Crippen LogP contribution in [0.4, 0.5) is 5.82 Å². The van der Waals surface area contributed by atoms with Crippen molar-refractivity contribution < 1.29 is 0 Å². The van der Waals surface area contributed by atoms with E-state index in [9.17, 15) is 0 Å². The van der Waals surface area contributed by atoms with Crippen molar-refractivity contribution in [3.63, 3.8) is 0 Å². The third-order valence-corrected chi connectivity index (χ3v) is 2.23. The fraction of sp³-hybridized carbons (Fsp3) is 0.111. The van der Waals surface area contributed by atoms with Crippen LogP contribution in [-0.4, -0.2) is 14.8 Å². The average Bonchev–Trinajstić information content (AvgIpc) is 2.41. The van der Waals surface area contributed by atoms with Crippen LogP contribution in [0.1, 0.15) is 5.56 Å². The molecule has 0 saturated carbocycles. The predicted octanol–water partition coefficient (Wildman–Crippen LogP) is 1.85. The van der Waals surface area contributed by atoms with E-state index >= 15 is 0 Å². The van der Waals surface area contributed by atoms with Crippen molar-refractivity contribution in [1.29, 1.82) is 0 Å². The van der Waals surface area contributed by atoms with Gasteiger partial charge in [0.25, 0.3) is 0 Å². The van der Waals surface area contributed by atoms with Crippen LogP contribution in [0.15, 0.2) is 12.6 Å². The van der Waals surface area contributed by atoms with Crippen LogP contribution in [0.2, 0.25) is 5.15 Å². The van der Waals surface area contributed by atoms with Crippen molar-refractivity contribution >= 4 is 34.5 Å². The number of aryl methyl sites for hydroxylation is 1. The molecule has 2 aromatic heterocycles. The van der Waals surface area contributed by atoms with E-state index < -0.39 is 0 Å². The van der Waals surface area contributed by atoms with Gasteiger partial charge in [-0.2, -0.15) is 5.10 Å². The first-order chi connectivity index (χ1) is 6.63. The van der Waals surface area contributed by atoms with Gasteiger partial charge in [0.2, 0.25) is 0 Å². The third-order valence-electron chi connectivity index (χ3n) is 2.03. The van der Waals surface area contributed by atoms with E-state index in [1.807, 2.05) is 0 Å². The van der Waals surface area contributed by atoms with Gasteiger partial charge in [-0.15, -0.1) is 0 Å². The number of hydrogen-bond donors (Lipinski definition) is 1. The second kappa shape index (κ2) is 2.99. The SMILES string of the molecule is C=Cc1cc(Cl)nc2c(N)nn(C)c12. The lowest BCUT2D eigenvalue weighted by Gasteiger charge is -1.99. The first-order valence-electron chi connectivity index (χ1n) is 4.04. The molecule has 0 fully saturated rings. The Bertz CT molecular complexity index is 515. The number of fused-ring (bicyclic) bond motifs is 1. The molecule has 0 bridgehead atoms. The van der Waals surface area contributed by atoms with Gasteiger partial charge in [0.15, 0.2) is 5.82 Å². The molecular formula is C9H9ClN4. The van der Waals surface area contributed by atoms with Crippen LogP contribution in [0.25, 0.3) is 17.1 Å². The zero-order chi connectivity index (χ0) is 10.3. The Kier molecular flexibility index (Phi) is 1.93. The molecule has 0 saturated heterocycles. The number of anilines is 1. The number of rotatable bonds is 1. The van der Waals surface area contributed by atoms with Gasteiger partial charge in [0, 0.05) is 12.6 Å². The fourth-order valence-corrected chi connectivity index (χ4v) is 1.66. The minimum Gasteiger partial charge on any atom is -0.380 e. The normalized spacial score (nSPS) is 10.7. The summed E-state index contributed by atoms with van der Waals surface area (Å²) in [4.78, 5) is 4.11. The van der Waals surface area contributed by atoms with E-state index in [1.54, 1.807) is 23.9 Å². The molecule has 0 aliphatic rings. The molecule has 5 heteroatoms. The Labute approximate surface area is 86.0 Å². The smallest absolute Gasteiger partial charge is 0.172 e. The topological polar surface area (TPSA) is 56.7 Å². The number of hydrogen-bond acceptors (Lipinski definition) is 3. The van der Waals surface area contributed by atoms with Crippen molar-refractivity contribution in [3.05, 3.63) is 23.4 Å². The number of pyridine rings is 1. The summed E-state index contributed by atoms with van der Waals surface area (Å²) >= 11 is 5.83. The maximum atomic E-state index is 5.83. The Morgan fingerprint density at radius 3 is 3.00 bits per heavy atom. The molecule has 0 unspecified atom stereocenters. The van der Waals surface area contributed by atoms with Crippen molar-refractivity contribution in [2.24, 2.45) is 7.05 Å².